The molecule has 20 heavy (non-hydrogen) atoms. The van der Waals surface area contributed by atoms with Gasteiger partial charge in [0.1, 0.15) is 18.2 Å². The molecule has 0 unspecified atom stereocenters. The summed E-state index contributed by atoms with van der Waals surface area (Å²) >= 11 is 0. The first-order valence-electron chi connectivity index (χ1n) is 5.95. The number of benzene rings is 1. The van der Waals surface area contributed by atoms with Crippen molar-refractivity contribution in [1.29, 1.82) is 0 Å². The second-order valence-electron chi connectivity index (χ2n) is 4.16. The van der Waals surface area contributed by atoms with E-state index in [0.29, 0.717) is 12.0 Å². The van der Waals surface area contributed by atoms with Gasteiger partial charge in [-0.2, -0.15) is 0 Å². The number of aliphatic hydroxyl groups excluding tert-OH is 1. The zero-order valence-corrected chi connectivity index (χ0v) is 11.4. The minimum absolute atomic E-state index is 0.126. The van der Waals surface area contributed by atoms with Crippen molar-refractivity contribution in [3.05, 3.63) is 53.5 Å². The zero-order chi connectivity index (χ0) is 14.6. The molecule has 5 nitrogen and oxygen atoms in total. The molecule has 0 saturated carbocycles. The summed E-state index contributed by atoms with van der Waals surface area (Å²) in [5.74, 6) is -0.181. The van der Waals surface area contributed by atoms with Crippen LogP contribution in [0.15, 0.2) is 45.9 Å². The fraction of sp³-hybridized carbons (Fsp3) is 0.231. The zero-order valence-electron chi connectivity index (χ0n) is 10.5. The fourth-order valence-corrected chi connectivity index (χ4v) is 2.66. The van der Waals surface area contributed by atoms with E-state index in [1.807, 2.05) is 0 Å². The van der Waals surface area contributed by atoms with Gasteiger partial charge in [-0.25, -0.2) is 17.5 Å². The molecule has 0 fully saturated rings. The largest absolute Gasteiger partial charge is 0.446 e. The lowest BCUT2D eigenvalue weighted by molar-refractivity contribution is 0.236. The molecule has 0 aliphatic heterocycles. The quantitative estimate of drug-likeness (QED) is 0.845. The Morgan fingerprint density at radius 2 is 2.05 bits per heavy atom. The highest BCUT2D eigenvalue weighted by Crippen LogP contribution is 2.13. The highest BCUT2D eigenvalue weighted by atomic mass is 32.2. The lowest BCUT2D eigenvalue weighted by atomic mass is 10.1. The molecule has 1 aromatic heterocycles. The highest BCUT2D eigenvalue weighted by molar-refractivity contribution is 7.89. The molecule has 0 aliphatic rings. The summed E-state index contributed by atoms with van der Waals surface area (Å²) in [6, 6.07) is 8.63. The molecular formula is C13H14FNO4S. The van der Waals surface area contributed by atoms with E-state index in [1.54, 1.807) is 12.1 Å². The lowest BCUT2D eigenvalue weighted by Gasteiger charge is -2.04. The molecule has 2 N–H and O–H groups in total. The number of aliphatic hydroxyl groups is 1. The highest BCUT2D eigenvalue weighted by Gasteiger charge is 2.17. The van der Waals surface area contributed by atoms with Crippen LogP contribution in [0.1, 0.15) is 11.3 Å². The maximum Gasteiger partial charge on any atom is 0.273 e. The van der Waals surface area contributed by atoms with Gasteiger partial charge < -0.3 is 9.52 Å². The Hall–Kier alpha value is -1.70. The van der Waals surface area contributed by atoms with E-state index in [-0.39, 0.29) is 29.8 Å². The van der Waals surface area contributed by atoms with E-state index < -0.39 is 10.0 Å². The first-order chi connectivity index (χ1) is 9.51. The van der Waals surface area contributed by atoms with Gasteiger partial charge in [0, 0.05) is 6.54 Å². The van der Waals surface area contributed by atoms with Crippen molar-refractivity contribution in [1.82, 2.24) is 4.72 Å². The van der Waals surface area contributed by atoms with Crippen LogP contribution in [0.2, 0.25) is 0 Å². The number of hydrogen-bond donors (Lipinski definition) is 2. The van der Waals surface area contributed by atoms with Gasteiger partial charge in [0.15, 0.2) is 0 Å². The topological polar surface area (TPSA) is 79.5 Å². The number of sulfonamides is 1. The maximum atomic E-state index is 13.0. The standard InChI is InChI=1S/C13H14FNO4S/c14-11-3-1-2-10(8-11)6-7-15-20(17,18)13-5-4-12(9-16)19-13/h1-5,8,15-16H,6-7,9H2. The maximum absolute atomic E-state index is 13.0. The molecule has 0 bridgehead atoms. The third-order valence-corrected chi connectivity index (χ3v) is 3.99. The Balaban J connectivity index is 1.96. The van der Waals surface area contributed by atoms with Gasteiger partial charge in [-0.15, -0.1) is 0 Å². The van der Waals surface area contributed by atoms with Crippen LogP contribution < -0.4 is 4.72 Å². The van der Waals surface area contributed by atoms with Crippen LogP contribution in [-0.4, -0.2) is 20.1 Å². The summed E-state index contributed by atoms with van der Waals surface area (Å²) in [5.41, 5.74) is 0.697. The van der Waals surface area contributed by atoms with E-state index in [1.165, 1.54) is 24.3 Å². The molecule has 7 heteroatoms. The van der Waals surface area contributed by atoms with Crippen LogP contribution in [0.25, 0.3) is 0 Å². The number of hydrogen-bond acceptors (Lipinski definition) is 4. The summed E-state index contributed by atoms with van der Waals surface area (Å²) in [6.07, 6.45) is 0.366. The fourth-order valence-electron chi connectivity index (χ4n) is 1.68. The average Bonchev–Trinajstić information content (AvgIpc) is 2.88. The van der Waals surface area contributed by atoms with E-state index in [0.717, 1.165) is 0 Å². The number of halogens is 1. The number of nitrogens with one attached hydrogen (secondary N) is 1. The minimum atomic E-state index is -3.75. The van der Waals surface area contributed by atoms with Crippen LogP contribution in [0.3, 0.4) is 0 Å². The third kappa shape index (κ3) is 3.66. The molecule has 0 saturated heterocycles. The molecule has 1 aromatic carbocycles. The van der Waals surface area contributed by atoms with Gasteiger partial charge in [-0.3, -0.25) is 0 Å². The predicted molar refractivity (Wildman–Crippen MR) is 69.9 cm³/mol. The SMILES string of the molecule is O=S(=O)(NCCc1cccc(F)c1)c1ccc(CO)o1. The second kappa shape index (κ2) is 6.17. The Kier molecular flexibility index (Phi) is 4.53. The summed E-state index contributed by atoms with van der Waals surface area (Å²) in [7, 11) is -3.75. The third-order valence-electron chi connectivity index (χ3n) is 2.65. The summed E-state index contributed by atoms with van der Waals surface area (Å²) in [4.78, 5) is 0. The van der Waals surface area contributed by atoms with E-state index in [2.05, 4.69) is 4.72 Å². The van der Waals surface area contributed by atoms with E-state index in [4.69, 9.17) is 9.52 Å². The number of rotatable bonds is 6. The first-order valence-corrected chi connectivity index (χ1v) is 7.43. The smallest absolute Gasteiger partial charge is 0.273 e. The number of furan rings is 1. The summed E-state index contributed by atoms with van der Waals surface area (Å²) < 4.78 is 44.0. The van der Waals surface area contributed by atoms with Crippen molar-refractivity contribution in [3.63, 3.8) is 0 Å². The monoisotopic (exact) mass is 299 g/mol. The Morgan fingerprint density at radius 1 is 1.25 bits per heavy atom. The summed E-state index contributed by atoms with van der Waals surface area (Å²) in [5, 5.41) is 8.57. The van der Waals surface area contributed by atoms with Crippen molar-refractivity contribution < 1.29 is 22.3 Å². The molecule has 0 amide bonds. The molecule has 0 aliphatic carbocycles. The first kappa shape index (κ1) is 14.7. The Morgan fingerprint density at radius 3 is 2.70 bits per heavy atom. The minimum Gasteiger partial charge on any atom is -0.446 e. The van der Waals surface area contributed by atoms with Crippen molar-refractivity contribution in [3.8, 4) is 0 Å². The van der Waals surface area contributed by atoms with Crippen LogP contribution in [-0.2, 0) is 23.1 Å². The molecule has 0 spiro atoms. The van der Waals surface area contributed by atoms with Crippen LogP contribution in [0.5, 0.6) is 0 Å². The van der Waals surface area contributed by atoms with Gasteiger partial charge in [-0.05, 0) is 36.2 Å². The van der Waals surface area contributed by atoms with Gasteiger partial charge in [0.05, 0.1) is 0 Å². The summed E-state index contributed by atoms with van der Waals surface area (Å²) in [6.45, 7) is -0.236. The Bertz CT molecular complexity index is 681. The van der Waals surface area contributed by atoms with Gasteiger partial charge in [0.25, 0.3) is 10.0 Å². The normalized spacial score (nSPS) is 11.7. The molecule has 0 atom stereocenters. The lowest BCUT2D eigenvalue weighted by Crippen LogP contribution is -2.25. The van der Waals surface area contributed by atoms with Crippen molar-refractivity contribution in [2.45, 2.75) is 18.1 Å². The van der Waals surface area contributed by atoms with E-state index >= 15 is 0 Å². The van der Waals surface area contributed by atoms with Crippen LogP contribution in [0.4, 0.5) is 4.39 Å². The average molecular weight is 299 g/mol. The van der Waals surface area contributed by atoms with Gasteiger partial charge in [0.2, 0.25) is 5.09 Å². The van der Waals surface area contributed by atoms with Crippen molar-refractivity contribution in [2.24, 2.45) is 0 Å². The second-order valence-corrected chi connectivity index (χ2v) is 5.85. The molecule has 0 radical (unpaired) electrons. The van der Waals surface area contributed by atoms with Gasteiger partial charge in [-0.1, -0.05) is 12.1 Å². The van der Waals surface area contributed by atoms with Gasteiger partial charge >= 0.3 is 0 Å². The van der Waals surface area contributed by atoms with E-state index in [9.17, 15) is 12.8 Å². The van der Waals surface area contributed by atoms with Crippen molar-refractivity contribution >= 4 is 10.0 Å². The molecule has 2 rings (SSSR count). The van der Waals surface area contributed by atoms with Crippen LogP contribution in [0, 0.1) is 5.82 Å². The Labute approximate surface area is 116 Å². The molecule has 2 aromatic rings. The predicted octanol–water partition coefficient (Wildman–Crippen LogP) is 1.43. The molecule has 108 valence electrons. The van der Waals surface area contributed by atoms with Crippen LogP contribution >= 0.6 is 0 Å². The molecule has 1 heterocycles. The van der Waals surface area contributed by atoms with Crippen molar-refractivity contribution in [2.75, 3.05) is 6.54 Å². The molecular weight excluding hydrogens is 285 g/mol.